The monoisotopic (exact) mass is 237 g/mol. The zero-order valence-corrected chi connectivity index (χ0v) is 9.00. The molecule has 0 saturated carbocycles. The molecule has 1 unspecified atom stereocenters. The quantitative estimate of drug-likeness (QED) is 0.537. The molecule has 0 N–H and O–H groups in total. The number of pyridine rings is 1. The first-order chi connectivity index (χ1) is 6.36. The predicted octanol–water partition coefficient (Wildman–Crippen LogP) is 3.67. The van der Waals surface area contributed by atoms with Gasteiger partial charge in [0.25, 0.3) is 0 Å². The van der Waals surface area contributed by atoms with Gasteiger partial charge >= 0.3 is 0 Å². The van der Waals surface area contributed by atoms with Gasteiger partial charge in [-0.25, -0.2) is 4.98 Å². The molecule has 1 nitrogen and oxygen atoms in total. The van der Waals surface area contributed by atoms with Crippen molar-refractivity contribution in [2.24, 2.45) is 0 Å². The molecule has 1 aliphatic rings. The van der Waals surface area contributed by atoms with Crippen molar-refractivity contribution in [2.75, 3.05) is 0 Å². The molecule has 0 bridgehead atoms. The van der Waals surface area contributed by atoms with E-state index in [1.165, 1.54) is 25.0 Å². The van der Waals surface area contributed by atoms with E-state index in [1.54, 1.807) is 0 Å². The van der Waals surface area contributed by atoms with Gasteiger partial charge < -0.3 is 0 Å². The molecule has 68 valence electrons. The Labute approximate surface area is 87.0 Å². The van der Waals surface area contributed by atoms with E-state index in [0.29, 0.717) is 5.92 Å². The molecular weight excluding hydrogens is 226 g/mol. The lowest BCUT2D eigenvalue weighted by Gasteiger charge is -2.15. The molecule has 0 aromatic carbocycles. The number of nitrogens with zero attached hydrogens (tertiary/aromatic N) is 1. The van der Waals surface area contributed by atoms with Crippen LogP contribution in [0.2, 0.25) is 0 Å². The summed E-state index contributed by atoms with van der Waals surface area (Å²) in [6.45, 7) is 0. The van der Waals surface area contributed by atoms with E-state index in [-0.39, 0.29) is 0 Å². The number of rotatable bonds is 1. The van der Waals surface area contributed by atoms with Crippen LogP contribution in [-0.2, 0) is 0 Å². The van der Waals surface area contributed by atoms with Crippen molar-refractivity contribution < 1.29 is 0 Å². The molecule has 2 rings (SSSR count). The Morgan fingerprint density at radius 3 is 3.00 bits per heavy atom. The molecule has 0 spiro atoms. The van der Waals surface area contributed by atoms with Crippen LogP contribution in [0.15, 0.2) is 35.0 Å². The number of allylic oxidation sites excluding steroid dienone is 2. The van der Waals surface area contributed by atoms with E-state index in [4.69, 9.17) is 0 Å². The average Bonchev–Trinajstić information content (AvgIpc) is 2.19. The van der Waals surface area contributed by atoms with Crippen LogP contribution in [0.3, 0.4) is 0 Å². The molecule has 0 saturated heterocycles. The van der Waals surface area contributed by atoms with Gasteiger partial charge in [-0.2, -0.15) is 0 Å². The topological polar surface area (TPSA) is 12.9 Å². The molecule has 1 atom stereocenters. The van der Waals surface area contributed by atoms with Crippen molar-refractivity contribution >= 4 is 15.9 Å². The number of hydrogen-bond acceptors (Lipinski definition) is 1. The molecule has 0 aliphatic heterocycles. The summed E-state index contributed by atoms with van der Waals surface area (Å²) in [6, 6.07) is 6.12. The molecular formula is C11H12BrN. The summed E-state index contributed by atoms with van der Waals surface area (Å²) in [5, 5.41) is 0. The average molecular weight is 238 g/mol. The van der Waals surface area contributed by atoms with E-state index < -0.39 is 0 Å². The van der Waals surface area contributed by atoms with Crippen LogP contribution in [-0.4, -0.2) is 4.98 Å². The van der Waals surface area contributed by atoms with Gasteiger partial charge in [-0.1, -0.05) is 18.2 Å². The zero-order chi connectivity index (χ0) is 9.10. The third-order valence-corrected chi connectivity index (χ3v) is 2.81. The summed E-state index contributed by atoms with van der Waals surface area (Å²) >= 11 is 3.39. The lowest BCUT2D eigenvalue weighted by molar-refractivity contribution is 0.640. The number of aromatic nitrogens is 1. The minimum absolute atomic E-state index is 0.534. The fraction of sp³-hybridized carbons (Fsp3) is 0.364. The second-order valence-electron chi connectivity index (χ2n) is 3.35. The summed E-state index contributed by atoms with van der Waals surface area (Å²) in [7, 11) is 0. The Hall–Kier alpha value is -0.630. The Morgan fingerprint density at radius 1 is 1.38 bits per heavy atom. The van der Waals surface area contributed by atoms with E-state index >= 15 is 0 Å². The minimum atomic E-state index is 0.534. The Morgan fingerprint density at radius 2 is 2.31 bits per heavy atom. The highest BCUT2D eigenvalue weighted by molar-refractivity contribution is 9.10. The maximum atomic E-state index is 4.46. The maximum Gasteiger partial charge on any atom is 0.106 e. The third kappa shape index (κ3) is 2.19. The minimum Gasteiger partial charge on any atom is -0.245 e. The van der Waals surface area contributed by atoms with Crippen LogP contribution >= 0.6 is 15.9 Å². The van der Waals surface area contributed by atoms with Gasteiger partial charge in [0.05, 0.1) is 0 Å². The number of hydrogen-bond donors (Lipinski definition) is 0. The first-order valence-electron chi connectivity index (χ1n) is 4.65. The molecule has 1 heterocycles. The van der Waals surface area contributed by atoms with Crippen LogP contribution in [0, 0.1) is 0 Å². The first-order valence-corrected chi connectivity index (χ1v) is 5.45. The van der Waals surface area contributed by atoms with E-state index in [2.05, 4.69) is 45.2 Å². The molecule has 2 heteroatoms. The largest absolute Gasteiger partial charge is 0.245 e. The lowest BCUT2D eigenvalue weighted by atomic mass is 9.93. The fourth-order valence-corrected chi connectivity index (χ4v) is 2.05. The Balaban J connectivity index is 2.24. The van der Waals surface area contributed by atoms with Gasteiger partial charge in [0.1, 0.15) is 4.60 Å². The van der Waals surface area contributed by atoms with Gasteiger partial charge in [0.15, 0.2) is 0 Å². The van der Waals surface area contributed by atoms with Gasteiger partial charge in [-0.3, -0.25) is 0 Å². The summed E-state index contributed by atoms with van der Waals surface area (Å²) in [6.07, 6.45) is 8.29. The molecule has 0 fully saturated rings. The van der Waals surface area contributed by atoms with Gasteiger partial charge in [0, 0.05) is 11.6 Å². The summed E-state index contributed by atoms with van der Waals surface area (Å²) in [4.78, 5) is 4.46. The SMILES string of the molecule is Brc1cccc(C2C=CCCC2)n1. The van der Waals surface area contributed by atoms with Crippen molar-refractivity contribution in [3.8, 4) is 0 Å². The lowest BCUT2D eigenvalue weighted by Crippen LogP contribution is -2.01. The fourth-order valence-electron chi connectivity index (χ4n) is 1.69. The van der Waals surface area contributed by atoms with E-state index in [9.17, 15) is 0 Å². The van der Waals surface area contributed by atoms with Crippen LogP contribution < -0.4 is 0 Å². The first kappa shape index (κ1) is 8.95. The van der Waals surface area contributed by atoms with E-state index in [0.717, 1.165) is 4.60 Å². The highest BCUT2D eigenvalue weighted by Gasteiger charge is 2.11. The van der Waals surface area contributed by atoms with Gasteiger partial charge in [-0.15, -0.1) is 0 Å². The Bertz CT molecular complexity index is 320. The highest BCUT2D eigenvalue weighted by Crippen LogP contribution is 2.26. The van der Waals surface area contributed by atoms with Crippen molar-refractivity contribution in [2.45, 2.75) is 25.2 Å². The molecule has 0 amide bonds. The van der Waals surface area contributed by atoms with Crippen LogP contribution in [0.4, 0.5) is 0 Å². The summed E-state index contributed by atoms with van der Waals surface area (Å²) in [5.41, 5.74) is 1.19. The smallest absolute Gasteiger partial charge is 0.106 e. The number of halogens is 1. The van der Waals surface area contributed by atoms with E-state index in [1.807, 2.05) is 6.07 Å². The zero-order valence-electron chi connectivity index (χ0n) is 7.41. The van der Waals surface area contributed by atoms with Crippen LogP contribution in [0.25, 0.3) is 0 Å². The molecule has 1 aliphatic carbocycles. The van der Waals surface area contributed by atoms with Crippen molar-refractivity contribution in [1.82, 2.24) is 4.98 Å². The predicted molar refractivity (Wildman–Crippen MR) is 57.7 cm³/mol. The molecule has 1 aromatic heterocycles. The van der Waals surface area contributed by atoms with Crippen LogP contribution in [0.1, 0.15) is 30.9 Å². The van der Waals surface area contributed by atoms with Gasteiger partial charge in [0.2, 0.25) is 0 Å². The van der Waals surface area contributed by atoms with Gasteiger partial charge in [-0.05, 0) is 47.3 Å². The highest BCUT2D eigenvalue weighted by atomic mass is 79.9. The molecule has 1 aromatic rings. The van der Waals surface area contributed by atoms with Crippen molar-refractivity contribution in [3.63, 3.8) is 0 Å². The van der Waals surface area contributed by atoms with Crippen LogP contribution in [0.5, 0.6) is 0 Å². The van der Waals surface area contributed by atoms with Crippen molar-refractivity contribution in [3.05, 3.63) is 40.6 Å². The maximum absolute atomic E-state index is 4.46. The second kappa shape index (κ2) is 4.05. The second-order valence-corrected chi connectivity index (χ2v) is 4.16. The summed E-state index contributed by atoms with van der Waals surface area (Å²) in [5.74, 6) is 0.534. The third-order valence-electron chi connectivity index (χ3n) is 2.37. The summed E-state index contributed by atoms with van der Waals surface area (Å²) < 4.78 is 0.934. The normalized spacial score (nSPS) is 21.8. The molecule has 13 heavy (non-hydrogen) atoms. The standard InChI is InChI=1S/C11H12BrN/c12-11-8-4-7-10(13-11)9-5-2-1-3-6-9/h2,4-5,7-9H,1,3,6H2. The molecule has 0 radical (unpaired) electrons. The Kier molecular flexibility index (Phi) is 2.79. The van der Waals surface area contributed by atoms with Crippen molar-refractivity contribution in [1.29, 1.82) is 0 Å².